The van der Waals surface area contributed by atoms with Crippen LogP contribution in [0.3, 0.4) is 0 Å². The molecular weight excluding hydrogens is 625 g/mol. The van der Waals surface area contributed by atoms with E-state index < -0.39 is 34.9 Å². The summed E-state index contributed by atoms with van der Waals surface area (Å²) in [5, 5.41) is 3.58. The number of nitrogens with one attached hydrogen (secondary N) is 2. The lowest BCUT2D eigenvalue weighted by atomic mass is 9.76. The van der Waals surface area contributed by atoms with E-state index in [1.807, 2.05) is 0 Å². The lowest BCUT2D eigenvalue weighted by Gasteiger charge is -2.36. The van der Waals surface area contributed by atoms with E-state index in [0.29, 0.717) is 67.9 Å². The number of hydrogen-bond acceptors (Lipinski definition) is 7. The zero-order valence-corrected chi connectivity index (χ0v) is 27.8. The summed E-state index contributed by atoms with van der Waals surface area (Å²) in [6, 6.07) is 5.40. The van der Waals surface area contributed by atoms with Gasteiger partial charge in [0.15, 0.2) is 5.76 Å². The zero-order valence-electron chi connectivity index (χ0n) is 27.0. The molecule has 47 heavy (non-hydrogen) atoms. The first-order valence-corrected chi connectivity index (χ1v) is 18.9. The van der Waals surface area contributed by atoms with Gasteiger partial charge in [-0.1, -0.05) is 38.5 Å². The van der Waals surface area contributed by atoms with Gasteiger partial charge in [-0.05, 0) is 87.0 Å². The highest BCUT2D eigenvalue weighted by Gasteiger charge is 2.47. The summed E-state index contributed by atoms with van der Waals surface area (Å²) in [6.07, 6.45) is 11.6. The van der Waals surface area contributed by atoms with Gasteiger partial charge in [0, 0.05) is 42.7 Å². The average Bonchev–Trinajstić information content (AvgIpc) is 3.73. The molecule has 3 amide bonds. The van der Waals surface area contributed by atoms with Crippen molar-refractivity contribution < 1.29 is 31.6 Å². The first kappa shape index (κ1) is 33.9. The maximum atomic E-state index is 14.1. The van der Waals surface area contributed by atoms with Crippen molar-refractivity contribution in [3.05, 3.63) is 30.0 Å². The van der Waals surface area contributed by atoms with Gasteiger partial charge in [0.2, 0.25) is 11.8 Å². The first-order valence-electron chi connectivity index (χ1n) is 17.4. The van der Waals surface area contributed by atoms with E-state index in [1.165, 1.54) is 16.8 Å². The largest absolute Gasteiger partial charge is 0.451 e. The fourth-order valence-electron chi connectivity index (χ4n) is 8.40. The molecule has 1 aromatic carbocycles. The molecule has 258 valence electrons. The van der Waals surface area contributed by atoms with Gasteiger partial charge in [0.05, 0.1) is 0 Å². The number of furan rings is 1. The van der Waals surface area contributed by atoms with Crippen LogP contribution >= 0.6 is 0 Å². The minimum Gasteiger partial charge on any atom is -0.451 e. The number of amides is 3. The maximum Gasteiger partial charge on any atom is 0.304 e. The Morgan fingerprint density at radius 2 is 1.62 bits per heavy atom. The second-order valence-electron chi connectivity index (χ2n) is 14.0. The fourth-order valence-corrected chi connectivity index (χ4v) is 9.60. The molecule has 0 radical (unpaired) electrons. The highest BCUT2D eigenvalue weighted by Crippen LogP contribution is 2.41. The number of anilines is 1. The van der Waals surface area contributed by atoms with E-state index in [-0.39, 0.29) is 35.3 Å². The lowest BCUT2D eigenvalue weighted by Crippen LogP contribution is -2.50. The van der Waals surface area contributed by atoms with Crippen LogP contribution in [0, 0.1) is 23.7 Å². The van der Waals surface area contributed by atoms with E-state index in [1.54, 1.807) is 23.1 Å². The fraction of sp³-hybridized carbons (Fsp3) is 0.676. The standard InChI is InChI=1S/C34H48FN5O6S/c35-21-28(36)23-9-11-24(12-10-23)34(43)40-18-15-27(22-7-3-1-4-8-22)31(40)33(42)37-26-13-14-29-25(19-26)20-30(46-29)32(41)38-47(44,45)39-16-5-2-6-17-39/h13-14,19-20,22-24,27-28,31H,1-12,15-18,21,36H2,(H,37,42)(H,38,41)/t23-,24-,27-,28+,31-/m0/s1. The Bertz CT molecular complexity index is 1550. The molecule has 0 spiro atoms. The Kier molecular flexibility index (Phi) is 10.5. The number of carbonyl (C=O) groups excluding carboxylic acids is 3. The van der Waals surface area contributed by atoms with Gasteiger partial charge in [-0.3, -0.25) is 14.4 Å². The molecule has 3 heterocycles. The van der Waals surface area contributed by atoms with E-state index in [2.05, 4.69) is 10.0 Å². The minimum absolute atomic E-state index is 0.0103. The van der Waals surface area contributed by atoms with E-state index in [4.69, 9.17) is 10.2 Å². The number of hydrogen-bond donors (Lipinski definition) is 3. The summed E-state index contributed by atoms with van der Waals surface area (Å²) in [4.78, 5) is 42.7. The third kappa shape index (κ3) is 7.51. The molecule has 4 N–H and O–H groups in total. The summed E-state index contributed by atoms with van der Waals surface area (Å²) in [5.41, 5.74) is 6.83. The van der Waals surface area contributed by atoms with E-state index >= 15 is 0 Å². The van der Waals surface area contributed by atoms with Gasteiger partial charge >= 0.3 is 16.1 Å². The van der Waals surface area contributed by atoms with Gasteiger partial charge < -0.3 is 20.4 Å². The van der Waals surface area contributed by atoms with Crippen LogP contribution in [-0.4, -0.2) is 73.7 Å². The first-order chi connectivity index (χ1) is 22.6. The van der Waals surface area contributed by atoms with Crippen LogP contribution in [-0.2, 0) is 19.8 Å². The Hall–Kier alpha value is -3.03. The molecule has 13 heteroatoms. The van der Waals surface area contributed by atoms with Crippen LogP contribution in [0.2, 0.25) is 0 Å². The zero-order chi connectivity index (χ0) is 33.1. The second-order valence-corrected chi connectivity index (χ2v) is 15.7. The normalized spacial score (nSPS) is 27.1. The van der Waals surface area contributed by atoms with Crippen molar-refractivity contribution in [1.82, 2.24) is 13.9 Å². The average molecular weight is 674 g/mol. The van der Waals surface area contributed by atoms with Crippen molar-refractivity contribution in [2.75, 3.05) is 31.6 Å². The van der Waals surface area contributed by atoms with Gasteiger partial charge in [0.25, 0.3) is 0 Å². The number of carbonyl (C=O) groups is 3. The SMILES string of the molecule is N[C@H](CF)[C@H]1CC[C@H](C(=O)N2CC[C@@H](C3CCCCC3)[C@H]2C(=O)Nc2ccc3oc(C(=O)NS(=O)(=O)N4CCCCC4)cc3c2)CC1. The number of rotatable bonds is 9. The molecule has 1 aromatic heterocycles. The molecule has 4 fully saturated rings. The van der Waals surface area contributed by atoms with Crippen LogP contribution in [0.15, 0.2) is 28.7 Å². The molecule has 2 saturated heterocycles. The number of halogens is 1. The molecule has 2 aliphatic heterocycles. The van der Waals surface area contributed by atoms with Gasteiger partial charge in [-0.2, -0.15) is 12.7 Å². The molecule has 4 aliphatic rings. The van der Waals surface area contributed by atoms with Crippen LogP contribution in [0.4, 0.5) is 10.1 Å². The van der Waals surface area contributed by atoms with Crippen molar-refractivity contribution >= 4 is 44.6 Å². The van der Waals surface area contributed by atoms with Crippen molar-refractivity contribution in [3.63, 3.8) is 0 Å². The number of piperidine rings is 1. The highest BCUT2D eigenvalue weighted by atomic mass is 32.2. The van der Waals surface area contributed by atoms with E-state index in [0.717, 1.165) is 51.4 Å². The Morgan fingerprint density at radius 3 is 2.32 bits per heavy atom. The molecule has 0 unspecified atom stereocenters. The number of benzene rings is 1. The summed E-state index contributed by atoms with van der Waals surface area (Å²) in [5.74, 6) is -0.863. The summed E-state index contributed by atoms with van der Waals surface area (Å²) >= 11 is 0. The Balaban J connectivity index is 1.16. The number of alkyl halides is 1. The molecule has 11 nitrogen and oxygen atoms in total. The maximum absolute atomic E-state index is 14.1. The van der Waals surface area contributed by atoms with E-state index in [9.17, 15) is 27.2 Å². The smallest absolute Gasteiger partial charge is 0.304 e. The Morgan fingerprint density at radius 1 is 0.915 bits per heavy atom. The number of likely N-dealkylation sites (tertiary alicyclic amines) is 1. The second kappa shape index (κ2) is 14.6. The molecule has 6 rings (SSSR count). The van der Waals surface area contributed by atoms with Crippen LogP contribution in [0.25, 0.3) is 11.0 Å². The third-order valence-corrected chi connectivity index (χ3v) is 12.5. The third-order valence-electron chi connectivity index (χ3n) is 11.0. The van der Waals surface area contributed by atoms with Crippen LogP contribution in [0.1, 0.15) is 94.0 Å². The monoisotopic (exact) mass is 673 g/mol. The van der Waals surface area contributed by atoms with Crippen molar-refractivity contribution in [2.24, 2.45) is 29.4 Å². The quantitative estimate of drug-likeness (QED) is 0.348. The minimum atomic E-state index is -3.98. The van der Waals surface area contributed by atoms with Crippen LogP contribution in [0.5, 0.6) is 0 Å². The van der Waals surface area contributed by atoms with Gasteiger partial charge in [0.1, 0.15) is 18.3 Å². The van der Waals surface area contributed by atoms with Crippen LogP contribution < -0.4 is 15.8 Å². The summed E-state index contributed by atoms with van der Waals surface area (Å²) in [7, 11) is -3.98. The topological polar surface area (TPSA) is 155 Å². The molecule has 2 aromatic rings. The van der Waals surface area contributed by atoms with Crippen molar-refractivity contribution in [1.29, 1.82) is 0 Å². The van der Waals surface area contributed by atoms with Crippen molar-refractivity contribution in [2.45, 2.75) is 95.6 Å². The lowest BCUT2D eigenvalue weighted by molar-refractivity contribution is -0.142. The van der Waals surface area contributed by atoms with Gasteiger partial charge in [-0.25, -0.2) is 9.11 Å². The molecular formula is C34H48FN5O6S. The Labute approximate surface area is 276 Å². The van der Waals surface area contributed by atoms with Crippen molar-refractivity contribution in [3.8, 4) is 0 Å². The summed E-state index contributed by atoms with van der Waals surface area (Å²) < 4.78 is 47.7. The molecule has 2 saturated carbocycles. The number of nitrogens with two attached hydrogens (primary N) is 1. The number of nitrogens with zero attached hydrogens (tertiary/aromatic N) is 2. The predicted molar refractivity (Wildman–Crippen MR) is 176 cm³/mol. The number of fused-ring (bicyclic) bond motifs is 1. The molecule has 3 atom stereocenters. The highest BCUT2D eigenvalue weighted by molar-refractivity contribution is 7.87. The molecule has 2 aliphatic carbocycles. The predicted octanol–water partition coefficient (Wildman–Crippen LogP) is 4.73. The molecule has 0 bridgehead atoms. The van der Waals surface area contributed by atoms with Gasteiger partial charge in [-0.15, -0.1) is 0 Å². The summed E-state index contributed by atoms with van der Waals surface area (Å²) in [6.45, 7) is 0.726.